The molecular formula is C11H19N3O2. The topological polar surface area (TPSA) is 62.4 Å². The summed E-state index contributed by atoms with van der Waals surface area (Å²) in [5.74, 6) is 1.78. The number of piperidine rings is 1. The second-order valence-corrected chi connectivity index (χ2v) is 4.50. The van der Waals surface area contributed by atoms with E-state index in [-0.39, 0.29) is 6.04 Å². The molecule has 16 heavy (non-hydrogen) atoms. The third kappa shape index (κ3) is 2.41. The van der Waals surface area contributed by atoms with E-state index in [4.69, 9.17) is 9.52 Å². The predicted molar refractivity (Wildman–Crippen MR) is 58.8 cm³/mol. The molecule has 1 N–H and O–H groups in total. The quantitative estimate of drug-likeness (QED) is 0.836. The summed E-state index contributed by atoms with van der Waals surface area (Å²) in [4.78, 5) is 2.33. The van der Waals surface area contributed by atoms with Crippen molar-refractivity contribution in [3.63, 3.8) is 0 Å². The van der Waals surface area contributed by atoms with E-state index in [9.17, 15) is 0 Å². The van der Waals surface area contributed by atoms with Gasteiger partial charge in [-0.2, -0.15) is 0 Å². The molecule has 1 aliphatic rings. The van der Waals surface area contributed by atoms with E-state index < -0.39 is 0 Å². The van der Waals surface area contributed by atoms with Crippen LogP contribution in [-0.2, 0) is 0 Å². The van der Waals surface area contributed by atoms with Gasteiger partial charge in [0.2, 0.25) is 11.8 Å². The predicted octanol–water partition coefficient (Wildman–Crippen LogP) is 1.14. The molecule has 0 spiro atoms. The van der Waals surface area contributed by atoms with Crippen LogP contribution in [0.4, 0.5) is 0 Å². The second kappa shape index (κ2) is 4.93. The first-order valence-corrected chi connectivity index (χ1v) is 5.85. The van der Waals surface area contributed by atoms with Crippen LogP contribution in [0.1, 0.15) is 37.6 Å². The average Bonchev–Trinajstić information content (AvgIpc) is 2.75. The van der Waals surface area contributed by atoms with Crippen LogP contribution in [0, 0.1) is 12.8 Å². The number of likely N-dealkylation sites (tertiary alicyclic amines) is 1. The Morgan fingerprint density at radius 2 is 2.12 bits per heavy atom. The Labute approximate surface area is 95.5 Å². The fourth-order valence-electron chi connectivity index (χ4n) is 2.16. The normalized spacial score (nSPS) is 21.2. The first kappa shape index (κ1) is 11.5. The Hall–Kier alpha value is -0.940. The molecule has 2 rings (SSSR count). The molecule has 0 saturated carbocycles. The smallest absolute Gasteiger partial charge is 0.233 e. The maximum Gasteiger partial charge on any atom is 0.233 e. The molecule has 1 unspecified atom stereocenters. The number of nitrogens with zero attached hydrogens (tertiary/aromatic N) is 3. The van der Waals surface area contributed by atoms with Gasteiger partial charge < -0.3 is 9.52 Å². The highest BCUT2D eigenvalue weighted by Gasteiger charge is 2.25. The van der Waals surface area contributed by atoms with Gasteiger partial charge in [0, 0.05) is 13.5 Å². The van der Waals surface area contributed by atoms with Crippen molar-refractivity contribution in [3.05, 3.63) is 11.8 Å². The average molecular weight is 225 g/mol. The van der Waals surface area contributed by atoms with Crippen LogP contribution < -0.4 is 0 Å². The Morgan fingerprint density at radius 1 is 1.44 bits per heavy atom. The number of aliphatic hydroxyl groups excluding tert-OH is 1. The maximum atomic E-state index is 9.08. The molecular weight excluding hydrogens is 206 g/mol. The Bertz CT molecular complexity index is 332. The van der Waals surface area contributed by atoms with Gasteiger partial charge in [-0.05, 0) is 38.8 Å². The molecule has 0 amide bonds. The Morgan fingerprint density at radius 3 is 2.62 bits per heavy atom. The lowest BCUT2D eigenvalue weighted by atomic mass is 9.97. The van der Waals surface area contributed by atoms with Crippen molar-refractivity contribution < 1.29 is 9.52 Å². The summed E-state index contributed by atoms with van der Waals surface area (Å²) >= 11 is 0. The van der Waals surface area contributed by atoms with Gasteiger partial charge in [-0.3, -0.25) is 4.90 Å². The van der Waals surface area contributed by atoms with Crippen molar-refractivity contribution in [1.82, 2.24) is 15.1 Å². The van der Waals surface area contributed by atoms with E-state index in [1.807, 2.05) is 0 Å². The minimum absolute atomic E-state index is 0.181. The van der Waals surface area contributed by atoms with Gasteiger partial charge in [-0.25, -0.2) is 0 Å². The molecule has 0 aliphatic carbocycles. The lowest BCUT2D eigenvalue weighted by Crippen LogP contribution is -2.36. The largest absolute Gasteiger partial charge is 0.424 e. The van der Waals surface area contributed by atoms with E-state index in [0.717, 1.165) is 25.9 Å². The van der Waals surface area contributed by atoms with Gasteiger partial charge in [0.25, 0.3) is 0 Å². The summed E-state index contributed by atoms with van der Waals surface area (Å²) in [5, 5.41) is 17.0. The van der Waals surface area contributed by atoms with Gasteiger partial charge >= 0.3 is 0 Å². The lowest BCUT2D eigenvalue weighted by Gasteiger charge is -2.33. The second-order valence-electron chi connectivity index (χ2n) is 4.50. The molecule has 0 radical (unpaired) electrons. The van der Waals surface area contributed by atoms with Crippen LogP contribution in [0.5, 0.6) is 0 Å². The van der Waals surface area contributed by atoms with E-state index in [0.29, 0.717) is 24.3 Å². The van der Waals surface area contributed by atoms with Crippen molar-refractivity contribution in [2.24, 2.45) is 5.92 Å². The highest BCUT2D eigenvalue weighted by Crippen LogP contribution is 2.25. The molecule has 1 aliphatic heterocycles. The minimum atomic E-state index is 0.181. The van der Waals surface area contributed by atoms with E-state index >= 15 is 0 Å². The fraction of sp³-hybridized carbons (Fsp3) is 0.818. The van der Waals surface area contributed by atoms with Gasteiger partial charge in [-0.15, -0.1) is 10.2 Å². The zero-order valence-electron chi connectivity index (χ0n) is 9.89. The summed E-state index contributed by atoms with van der Waals surface area (Å²) in [6.45, 7) is 6.19. The molecule has 1 aromatic heterocycles. The summed E-state index contributed by atoms with van der Waals surface area (Å²) in [7, 11) is 0. The molecule has 2 heterocycles. The van der Waals surface area contributed by atoms with Gasteiger partial charge in [0.15, 0.2) is 0 Å². The number of hydrogen-bond acceptors (Lipinski definition) is 5. The first-order chi connectivity index (χ1) is 7.70. The monoisotopic (exact) mass is 225 g/mol. The van der Waals surface area contributed by atoms with Gasteiger partial charge in [0.05, 0.1) is 6.04 Å². The third-order valence-electron chi connectivity index (χ3n) is 3.35. The SMILES string of the molecule is Cc1nnc(C(C)N2CCC(CO)CC2)o1. The number of rotatable bonds is 3. The van der Waals surface area contributed by atoms with E-state index in [2.05, 4.69) is 22.0 Å². The van der Waals surface area contributed by atoms with Gasteiger partial charge in [-0.1, -0.05) is 0 Å². The fourth-order valence-corrected chi connectivity index (χ4v) is 2.16. The zero-order valence-corrected chi connectivity index (χ0v) is 9.89. The molecule has 1 fully saturated rings. The molecule has 1 aromatic rings. The van der Waals surface area contributed by atoms with Crippen LogP contribution in [0.2, 0.25) is 0 Å². The summed E-state index contributed by atoms with van der Waals surface area (Å²) < 4.78 is 5.44. The highest BCUT2D eigenvalue weighted by atomic mass is 16.4. The third-order valence-corrected chi connectivity index (χ3v) is 3.35. The molecule has 5 nitrogen and oxygen atoms in total. The molecule has 0 bridgehead atoms. The molecule has 5 heteroatoms. The van der Waals surface area contributed by atoms with E-state index in [1.54, 1.807) is 6.92 Å². The summed E-state index contributed by atoms with van der Waals surface area (Å²) in [6.07, 6.45) is 2.10. The number of aromatic nitrogens is 2. The first-order valence-electron chi connectivity index (χ1n) is 5.85. The highest BCUT2D eigenvalue weighted by molar-refractivity contribution is 4.89. The molecule has 0 aromatic carbocycles. The maximum absolute atomic E-state index is 9.08. The van der Waals surface area contributed by atoms with Crippen LogP contribution in [-0.4, -0.2) is 39.9 Å². The van der Waals surface area contributed by atoms with Gasteiger partial charge in [0.1, 0.15) is 0 Å². The molecule has 1 saturated heterocycles. The van der Waals surface area contributed by atoms with Crippen LogP contribution >= 0.6 is 0 Å². The number of aliphatic hydroxyl groups is 1. The number of hydrogen-bond donors (Lipinski definition) is 1. The summed E-state index contributed by atoms with van der Waals surface area (Å²) in [5.41, 5.74) is 0. The minimum Gasteiger partial charge on any atom is -0.424 e. The van der Waals surface area contributed by atoms with Crippen molar-refractivity contribution in [3.8, 4) is 0 Å². The lowest BCUT2D eigenvalue weighted by molar-refractivity contribution is 0.0954. The van der Waals surface area contributed by atoms with Crippen molar-refractivity contribution >= 4 is 0 Å². The van der Waals surface area contributed by atoms with Crippen LogP contribution in [0.15, 0.2) is 4.42 Å². The summed E-state index contributed by atoms with van der Waals surface area (Å²) in [6, 6.07) is 0.181. The van der Waals surface area contributed by atoms with Crippen LogP contribution in [0.3, 0.4) is 0 Å². The number of aryl methyl sites for hydroxylation is 1. The molecule has 1 atom stereocenters. The van der Waals surface area contributed by atoms with Crippen LogP contribution in [0.25, 0.3) is 0 Å². The Balaban J connectivity index is 1.93. The standard InChI is InChI=1S/C11H19N3O2/c1-8(11-13-12-9(2)16-11)14-5-3-10(7-15)4-6-14/h8,10,15H,3-7H2,1-2H3. The zero-order chi connectivity index (χ0) is 11.5. The Kier molecular flexibility index (Phi) is 3.56. The van der Waals surface area contributed by atoms with Crippen molar-refractivity contribution in [2.75, 3.05) is 19.7 Å². The van der Waals surface area contributed by atoms with Crippen molar-refractivity contribution in [1.29, 1.82) is 0 Å². The molecule has 90 valence electrons. The van der Waals surface area contributed by atoms with Crippen molar-refractivity contribution in [2.45, 2.75) is 32.7 Å². The van der Waals surface area contributed by atoms with E-state index in [1.165, 1.54) is 0 Å².